The molecule has 0 spiro atoms. The summed E-state index contributed by atoms with van der Waals surface area (Å²) in [7, 11) is 0. The quantitative estimate of drug-likeness (QED) is 0.787. The van der Waals surface area contributed by atoms with Gasteiger partial charge in [0.2, 0.25) is 0 Å². The molecule has 0 bridgehead atoms. The van der Waals surface area contributed by atoms with Gasteiger partial charge in [-0.1, -0.05) is 36.4 Å². The summed E-state index contributed by atoms with van der Waals surface area (Å²) in [6.07, 6.45) is 8.64. The van der Waals surface area contributed by atoms with Crippen LogP contribution in [0.25, 0.3) is 0 Å². The molecule has 0 fully saturated rings. The van der Waals surface area contributed by atoms with Crippen molar-refractivity contribution >= 4 is 0 Å². The zero-order valence-electron chi connectivity index (χ0n) is 10.9. The lowest BCUT2D eigenvalue weighted by atomic mass is 9.87. The van der Waals surface area contributed by atoms with E-state index in [1.807, 2.05) is 53.2 Å². The van der Waals surface area contributed by atoms with Crippen LogP contribution in [0.5, 0.6) is 0 Å². The van der Waals surface area contributed by atoms with Crippen LogP contribution >= 0.6 is 0 Å². The minimum Gasteiger partial charge on any atom is -0.378 e. The Labute approximate surface area is 117 Å². The van der Waals surface area contributed by atoms with Gasteiger partial charge in [0.15, 0.2) is 0 Å². The molecule has 4 nitrogen and oxygen atoms in total. The Morgan fingerprint density at radius 3 is 2.40 bits per heavy atom. The van der Waals surface area contributed by atoms with Gasteiger partial charge >= 0.3 is 0 Å². The summed E-state index contributed by atoms with van der Waals surface area (Å²) in [6.45, 7) is 0.392. The van der Waals surface area contributed by atoms with E-state index < -0.39 is 5.60 Å². The predicted molar refractivity (Wildman–Crippen MR) is 75.9 cm³/mol. The highest BCUT2D eigenvalue weighted by atomic mass is 16.3. The second-order valence-electron chi connectivity index (χ2n) is 4.70. The molecule has 1 atom stereocenters. The molecule has 2 heterocycles. The molecular formula is C16H15N3O. The second-order valence-corrected chi connectivity index (χ2v) is 4.70. The van der Waals surface area contributed by atoms with Crippen LogP contribution in [0.3, 0.4) is 0 Å². The van der Waals surface area contributed by atoms with Crippen LogP contribution in [-0.4, -0.2) is 19.6 Å². The van der Waals surface area contributed by atoms with Gasteiger partial charge in [-0.3, -0.25) is 4.98 Å². The lowest BCUT2D eigenvalue weighted by molar-refractivity contribution is 0.0608. The maximum absolute atomic E-state index is 11.2. The highest BCUT2D eigenvalue weighted by Gasteiger charge is 2.32. The largest absolute Gasteiger partial charge is 0.378 e. The van der Waals surface area contributed by atoms with Crippen LogP contribution in [0.4, 0.5) is 0 Å². The average molecular weight is 265 g/mol. The van der Waals surface area contributed by atoms with E-state index in [1.54, 1.807) is 24.9 Å². The maximum Gasteiger partial charge on any atom is 0.134 e. The molecule has 0 saturated carbocycles. The molecule has 0 aliphatic rings. The van der Waals surface area contributed by atoms with E-state index in [0.29, 0.717) is 6.54 Å². The molecule has 3 aromatic rings. The lowest BCUT2D eigenvalue weighted by Crippen LogP contribution is -2.32. The van der Waals surface area contributed by atoms with Crippen molar-refractivity contribution in [1.29, 1.82) is 0 Å². The Morgan fingerprint density at radius 1 is 0.950 bits per heavy atom. The number of benzene rings is 1. The van der Waals surface area contributed by atoms with Gasteiger partial charge in [-0.2, -0.15) is 0 Å². The molecule has 0 unspecified atom stereocenters. The van der Waals surface area contributed by atoms with Gasteiger partial charge in [-0.25, -0.2) is 4.98 Å². The van der Waals surface area contributed by atoms with Crippen molar-refractivity contribution < 1.29 is 5.11 Å². The van der Waals surface area contributed by atoms with E-state index in [9.17, 15) is 5.11 Å². The zero-order chi connectivity index (χ0) is 13.8. The number of rotatable bonds is 4. The Hall–Kier alpha value is -2.46. The Balaban J connectivity index is 2.08. The van der Waals surface area contributed by atoms with Crippen molar-refractivity contribution in [1.82, 2.24) is 14.5 Å². The Morgan fingerprint density at radius 2 is 1.75 bits per heavy atom. The number of nitrogens with zero attached hydrogens (tertiary/aromatic N) is 3. The molecule has 0 radical (unpaired) electrons. The van der Waals surface area contributed by atoms with Gasteiger partial charge in [0.1, 0.15) is 5.60 Å². The first-order chi connectivity index (χ1) is 9.79. The van der Waals surface area contributed by atoms with Crippen LogP contribution < -0.4 is 0 Å². The third-order valence-electron chi connectivity index (χ3n) is 3.36. The molecule has 1 N–H and O–H groups in total. The summed E-state index contributed by atoms with van der Waals surface area (Å²) in [5.41, 5.74) is 0.470. The summed E-state index contributed by atoms with van der Waals surface area (Å²) < 4.78 is 1.86. The third kappa shape index (κ3) is 2.33. The number of imidazole rings is 1. The van der Waals surface area contributed by atoms with Crippen LogP contribution in [0.15, 0.2) is 73.6 Å². The summed E-state index contributed by atoms with van der Waals surface area (Å²) in [5.74, 6) is 0. The van der Waals surface area contributed by atoms with E-state index in [2.05, 4.69) is 9.97 Å². The Kier molecular flexibility index (Phi) is 3.31. The fourth-order valence-electron chi connectivity index (χ4n) is 2.32. The lowest BCUT2D eigenvalue weighted by Gasteiger charge is -2.29. The summed E-state index contributed by atoms with van der Waals surface area (Å²) in [6, 6.07) is 13.3. The van der Waals surface area contributed by atoms with Crippen molar-refractivity contribution in [3.8, 4) is 0 Å². The van der Waals surface area contributed by atoms with E-state index in [1.165, 1.54) is 0 Å². The van der Waals surface area contributed by atoms with Crippen LogP contribution in [0, 0.1) is 0 Å². The van der Waals surface area contributed by atoms with Crippen LogP contribution in [-0.2, 0) is 12.1 Å². The summed E-state index contributed by atoms with van der Waals surface area (Å²) in [4.78, 5) is 8.15. The highest BCUT2D eigenvalue weighted by molar-refractivity contribution is 5.34. The fraction of sp³-hybridized carbons (Fsp3) is 0.125. The van der Waals surface area contributed by atoms with Gasteiger partial charge in [0, 0.05) is 30.4 Å². The normalized spacial score (nSPS) is 13.8. The van der Waals surface area contributed by atoms with Crippen molar-refractivity contribution in [2.24, 2.45) is 0 Å². The first-order valence-electron chi connectivity index (χ1n) is 6.43. The zero-order valence-corrected chi connectivity index (χ0v) is 10.9. The minimum absolute atomic E-state index is 0.392. The molecule has 20 heavy (non-hydrogen) atoms. The number of hydrogen-bond donors (Lipinski definition) is 1. The molecular weight excluding hydrogens is 250 g/mol. The molecule has 4 heteroatoms. The fourth-order valence-corrected chi connectivity index (χ4v) is 2.32. The van der Waals surface area contributed by atoms with Gasteiger partial charge in [0.05, 0.1) is 12.9 Å². The minimum atomic E-state index is -1.13. The van der Waals surface area contributed by atoms with Crippen molar-refractivity contribution in [3.63, 3.8) is 0 Å². The summed E-state index contributed by atoms with van der Waals surface area (Å²) in [5, 5.41) is 11.2. The maximum atomic E-state index is 11.2. The highest BCUT2D eigenvalue weighted by Crippen LogP contribution is 2.30. The number of hydrogen-bond acceptors (Lipinski definition) is 3. The van der Waals surface area contributed by atoms with Gasteiger partial charge in [0.25, 0.3) is 0 Å². The topological polar surface area (TPSA) is 50.9 Å². The van der Waals surface area contributed by atoms with Gasteiger partial charge < -0.3 is 9.67 Å². The SMILES string of the molecule is O[C@@](Cn1ccnc1)(c1ccccc1)c1cccnc1. The standard InChI is InChI=1S/C16H15N3O/c20-16(12-19-10-9-18-13-19,14-5-2-1-3-6-14)15-7-4-8-17-11-15/h1-11,13,20H,12H2/t16-/m0/s1. The van der Waals surface area contributed by atoms with Crippen LogP contribution in [0.2, 0.25) is 0 Å². The molecule has 0 aliphatic carbocycles. The molecule has 3 rings (SSSR count). The molecule has 1 aromatic carbocycles. The monoisotopic (exact) mass is 265 g/mol. The second kappa shape index (κ2) is 5.27. The van der Waals surface area contributed by atoms with Crippen molar-refractivity contribution in [2.45, 2.75) is 12.1 Å². The van der Waals surface area contributed by atoms with E-state index in [-0.39, 0.29) is 0 Å². The van der Waals surface area contributed by atoms with Crippen molar-refractivity contribution in [2.75, 3.05) is 0 Å². The number of aliphatic hydroxyl groups is 1. The van der Waals surface area contributed by atoms with Gasteiger partial charge in [-0.05, 0) is 11.6 Å². The average Bonchev–Trinajstić information content (AvgIpc) is 3.02. The van der Waals surface area contributed by atoms with E-state index >= 15 is 0 Å². The molecule has 2 aromatic heterocycles. The van der Waals surface area contributed by atoms with E-state index in [4.69, 9.17) is 0 Å². The van der Waals surface area contributed by atoms with Gasteiger partial charge in [-0.15, -0.1) is 0 Å². The van der Waals surface area contributed by atoms with Crippen LogP contribution in [0.1, 0.15) is 11.1 Å². The molecule has 0 saturated heterocycles. The predicted octanol–water partition coefficient (Wildman–Crippen LogP) is 2.21. The third-order valence-corrected chi connectivity index (χ3v) is 3.36. The Bertz CT molecular complexity index is 611. The molecule has 0 aliphatic heterocycles. The first-order valence-corrected chi connectivity index (χ1v) is 6.43. The van der Waals surface area contributed by atoms with E-state index in [0.717, 1.165) is 11.1 Å². The molecule has 0 amide bonds. The van der Waals surface area contributed by atoms with Crippen molar-refractivity contribution in [3.05, 3.63) is 84.7 Å². The number of pyridine rings is 1. The first kappa shape index (κ1) is 12.6. The number of aromatic nitrogens is 3. The molecule has 100 valence electrons. The smallest absolute Gasteiger partial charge is 0.134 e. The summed E-state index contributed by atoms with van der Waals surface area (Å²) >= 11 is 0.